The standard InChI is InChI=1S/C12H13BrFNO4/c13-8-5-7(14)6-9(15(17)18)12(8)19-11-4-2-1-3-10(11)16/h5-6,10-11,16H,1-4H2. The van der Waals surface area contributed by atoms with Gasteiger partial charge in [-0.3, -0.25) is 10.1 Å². The molecule has 1 aromatic carbocycles. The van der Waals surface area contributed by atoms with Gasteiger partial charge in [-0.05, 0) is 41.3 Å². The van der Waals surface area contributed by atoms with Crippen LogP contribution in [0.3, 0.4) is 0 Å². The monoisotopic (exact) mass is 333 g/mol. The van der Waals surface area contributed by atoms with Crippen molar-refractivity contribution in [1.29, 1.82) is 0 Å². The summed E-state index contributed by atoms with van der Waals surface area (Å²) in [7, 11) is 0. The topological polar surface area (TPSA) is 72.6 Å². The SMILES string of the molecule is O=[N+]([O-])c1cc(F)cc(Br)c1OC1CCCCC1O. The third-order valence-electron chi connectivity index (χ3n) is 3.12. The lowest BCUT2D eigenvalue weighted by Crippen LogP contribution is -2.34. The molecule has 0 amide bonds. The quantitative estimate of drug-likeness (QED) is 0.681. The summed E-state index contributed by atoms with van der Waals surface area (Å²) in [5, 5.41) is 20.7. The molecule has 7 heteroatoms. The smallest absolute Gasteiger partial charge is 0.315 e. The number of hydrogen-bond acceptors (Lipinski definition) is 4. The maximum atomic E-state index is 13.2. The van der Waals surface area contributed by atoms with Gasteiger partial charge in [-0.15, -0.1) is 0 Å². The predicted molar refractivity (Wildman–Crippen MR) is 69.6 cm³/mol. The summed E-state index contributed by atoms with van der Waals surface area (Å²) < 4.78 is 18.9. The number of nitro benzene ring substituents is 1. The highest BCUT2D eigenvalue weighted by Gasteiger charge is 2.29. The summed E-state index contributed by atoms with van der Waals surface area (Å²) in [6, 6.07) is 1.92. The fraction of sp³-hybridized carbons (Fsp3) is 0.500. The largest absolute Gasteiger partial charge is 0.480 e. The molecule has 0 aromatic heterocycles. The molecule has 0 saturated heterocycles. The van der Waals surface area contributed by atoms with Gasteiger partial charge in [0.1, 0.15) is 11.9 Å². The van der Waals surface area contributed by atoms with E-state index in [2.05, 4.69) is 15.9 Å². The van der Waals surface area contributed by atoms with E-state index in [-0.39, 0.29) is 10.2 Å². The van der Waals surface area contributed by atoms with E-state index in [0.29, 0.717) is 12.8 Å². The average Bonchev–Trinajstić information content (AvgIpc) is 2.34. The van der Waals surface area contributed by atoms with Crippen LogP contribution in [0.25, 0.3) is 0 Å². The number of benzene rings is 1. The summed E-state index contributed by atoms with van der Waals surface area (Å²) in [5.41, 5.74) is -0.440. The van der Waals surface area contributed by atoms with E-state index in [9.17, 15) is 19.6 Å². The molecule has 0 radical (unpaired) electrons. The summed E-state index contributed by atoms with van der Waals surface area (Å²) in [5.74, 6) is -0.743. The minimum Gasteiger partial charge on any atom is -0.480 e. The number of aliphatic hydroxyl groups excluding tert-OH is 1. The Morgan fingerprint density at radius 3 is 2.74 bits per heavy atom. The first-order valence-electron chi connectivity index (χ1n) is 5.97. The van der Waals surface area contributed by atoms with Gasteiger partial charge in [0, 0.05) is 0 Å². The van der Waals surface area contributed by atoms with Gasteiger partial charge in [0.15, 0.2) is 0 Å². The number of aliphatic hydroxyl groups is 1. The van der Waals surface area contributed by atoms with Crippen LogP contribution in [0.5, 0.6) is 5.75 Å². The lowest BCUT2D eigenvalue weighted by molar-refractivity contribution is -0.386. The third-order valence-corrected chi connectivity index (χ3v) is 3.71. The molecular formula is C12H13BrFNO4. The van der Waals surface area contributed by atoms with Crippen molar-refractivity contribution in [3.8, 4) is 5.75 Å². The van der Waals surface area contributed by atoms with Crippen LogP contribution in [0.4, 0.5) is 10.1 Å². The van der Waals surface area contributed by atoms with Gasteiger partial charge < -0.3 is 9.84 Å². The van der Waals surface area contributed by atoms with Gasteiger partial charge in [-0.1, -0.05) is 6.42 Å². The fourth-order valence-corrected chi connectivity index (χ4v) is 2.68. The van der Waals surface area contributed by atoms with E-state index in [1.54, 1.807) is 0 Å². The van der Waals surface area contributed by atoms with E-state index in [4.69, 9.17) is 4.74 Å². The van der Waals surface area contributed by atoms with Crippen LogP contribution < -0.4 is 4.74 Å². The molecule has 2 atom stereocenters. The Hall–Kier alpha value is -1.21. The van der Waals surface area contributed by atoms with E-state index >= 15 is 0 Å². The minimum atomic E-state index is -0.713. The molecule has 2 rings (SSSR count). The van der Waals surface area contributed by atoms with Gasteiger partial charge in [-0.25, -0.2) is 4.39 Å². The number of nitrogens with zero attached hydrogens (tertiary/aromatic N) is 1. The first-order valence-corrected chi connectivity index (χ1v) is 6.76. The van der Waals surface area contributed by atoms with Gasteiger partial charge >= 0.3 is 5.69 Å². The van der Waals surface area contributed by atoms with E-state index in [0.717, 1.165) is 25.0 Å². The number of rotatable bonds is 3. The van der Waals surface area contributed by atoms with Crippen LogP contribution >= 0.6 is 15.9 Å². The Balaban J connectivity index is 2.30. The minimum absolute atomic E-state index is 0.0302. The molecule has 1 fully saturated rings. The summed E-state index contributed by atoms with van der Waals surface area (Å²) >= 11 is 3.06. The van der Waals surface area contributed by atoms with Crippen LogP contribution in [-0.2, 0) is 0 Å². The van der Waals surface area contributed by atoms with Crippen LogP contribution in [0.1, 0.15) is 25.7 Å². The number of halogens is 2. The second-order valence-electron chi connectivity index (χ2n) is 4.50. The van der Waals surface area contributed by atoms with Crippen molar-refractivity contribution in [2.24, 2.45) is 0 Å². The van der Waals surface area contributed by atoms with E-state index < -0.39 is 28.6 Å². The predicted octanol–water partition coefficient (Wildman–Crippen LogP) is 3.18. The lowest BCUT2D eigenvalue weighted by Gasteiger charge is -2.28. The second kappa shape index (κ2) is 5.83. The molecule has 1 saturated carbocycles. The van der Waals surface area contributed by atoms with E-state index in [1.807, 2.05) is 0 Å². The molecule has 1 aliphatic carbocycles. The van der Waals surface area contributed by atoms with Crippen molar-refractivity contribution in [2.45, 2.75) is 37.9 Å². The first-order chi connectivity index (χ1) is 8.99. The van der Waals surface area contributed by atoms with Gasteiger partial charge in [0.25, 0.3) is 0 Å². The van der Waals surface area contributed by atoms with Gasteiger partial charge in [-0.2, -0.15) is 0 Å². The summed E-state index contributed by atoms with van der Waals surface area (Å²) in [6.45, 7) is 0. The molecule has 19 heavy (non-hydrogen) atoms. The molecular weight excluding hydrogens is 321 g/mol. The van der Waals surface area contributed by atoms with Crippen molar-refractivity contribution >= 4 is 21.6 Å². The average molecular weight is 334 g/mol. The van der Waals surface area contributed by atoms with Gasteiger partial charge in [0.2, 0.25) is 5.75 Å². The first kappa shape index (κ1) is 14.2. The van der Waals surface area contributed by atoms with Crippen molar-refractivity contribution in [2.75, 3.05) is 0 Å². The zero-order valence-corrected chi connectivity index (χ0v) is 11.6. The van der Waals surface area contributed by atoms with Crippen molar-refractivity contribution in [3.63, 3.8) is 0 Å². The van der Waals surface area contributed by atoms with E-state index in [1.165, 1.54) is 0 Å². The molecule has 5 nitrogen and oxygen atoms in total. The number of hydrogen-bond donors (Lipinski definition) is 1. The van der Waals surface area contributed by atoms with Gasteiger partial charge in [0.05, 0.1) is 21.6 Å². The second-order valence-corrected chi connectivity index (χ2v) is 5.36. The Bertz CT molecular complexity index is 497. The highest BCUT2D eigenvalue weighted by atomic mass is 79.9. The molecule has 0 bridgehead atoms. The molecule has 2 unspecified atom stereocenters. The summed E-state index contributed by atoms with van der Waals surface area (Å²) in [4.78, 5) is 10.2. The highest BCUT2D eigenvalue weighted by Crippen LogP contribution is 2.38. The van der Waals surface area contributed by atoms with Crippen LogP contribution in [0.15, 0.2) is 16.6 Å². The normalized spacial score (nSPS) is 23.1. The zero-order chi connectivity index (χ0) is 14.0. The Kier molecular flexibility index (Phi) is 4.36. The molecule has 1 aromatic rings. The molecule has 1 aliphatic rings. The van der Waals surface area contributed by atoms with Crippen LogP contribution in [0.2, 0.25) is 0 Å². The fourth-order valence-electron chi connectivity index (χ4n) is 2.17. The highest BCUT2D eigenvalue weighted by molar-refractivity contribution is 9.10. The number of ether oxygens (including phenoxy) is 1. The number of nitro groups is 1. The van der Waals surface area contributed by atoms with Crippen molar-refractivity contribution < 1.29 is 19.2 Å². The lowest BCUT2D eigenvalue weighted by atomic mass is 9.95. The Morgan fingerprint density at radius 2 is 2.11 bits per heavy atom. The molecule has 0 aliphatic heterocycles. The molecule has 0 spiro atoms. The molecule has 1 N–H and O–H groups in total. The maximum Gasteiger partial charge on any atom is 0.315 e. The maximum absolute atomic E-state index is 13.2. The Labute approximate surface area is 117 Å². The zero-order valence-electron chi connectivity index (χ0n) is 10.0. The van der Waals surface area contributed by atoms with Crippen molar-refractivity contribution in [3.05, 3.63) is 32.5 Å². The van der Waals surface area contributed by atoms with Crippen LogP contribution in [-0.4, -0.2) is 22.2 Å². The molecule has 0 heterocycles. The third kappa shape index (κ3) is 3.22. The van der Waals surface area contributed by atoms with Crippen molar-refractivity contribution in [1.82, 2.24) is 0 Å². The van der Waals surface area contributed by atoms with Crippen LogP contribution in [0, 0.1) is 15.9 Å². The molecule has 104 valence electrons. The summed E-state index contributed by atoms with van der Waals surface area (Å²) in [6.07, 6.45) is 1.90. The Morgan fingerprint density at radius 1 is 1.42 bits per heavy atom.